The lowest BCUT2D eigenvalue weighted by atomic mass is 10.2. The second-order valence-electron chi connectivity index (χ2n) is 6.21. The van der Waals surface area contributed by atoms with Crippen LogP contribution < -0.4 is 20.2 Å². The number of nitrogens with one attached hydrogen (secondary N) is 2. The van der Waals surface area contributed by atoms with Crippen LogP contribution in [0.4, 0.5) is 16.2 Å². The van der Waals surface area contributed by atoms with Gasteiger partial charge < -0.3 is 14.8 Å². The third-order valence-electron chi connectivity index (χ3n) is 3.94. The van der Waals surface area contributed by atoms with Crippen LogP contribution in [-0.2, 0) is 0 Å². The molecule has 2 N–H and O–H groups in total. The van der Waals surface area contributed by atoms with Gasteiger partial charge in [-0.2, -0.15) is 5.10 Å². The number of non-ortho nitro benzene ring substituents is 1. The lowest BCUT2D eigenvalue weighted by Crippen LogP contribution is -2.24. The number of carbonyl (C=O) groups is 1. The van der Waals surface area contributed by atoms with E-state index in [0.717, 1.165) is 5.56 Å². The number of anilines is 1. The van der Waals surface area contributed by atoms with Crippen molar-refractivity contribution in [3.63, 3.8) is 0 Å². The molecule has 3 rings (SSSR count). The van der Waals surface area contributed by atoms with Crippen molar-refractivity contribution < 1.29 is 19.2 Å². The van der Waals surface area contributed by atoms with E-state index in [4.69, 9.17) is 9.47 Å². The Labute approximate surface area is 178 Å². The molecule has 0 aliphatic heterocycles. The molecule has 0 unspecified atom stereocenters. The van der Waals surface area contributed by atoms with Crippen molar-refractivity contribution in [1.29, 1.82) is 0 Å². The maximum atomic E-state index is 11.8. The summed E-state index contributed by atoms with van der Waals surface area (Å²) in [5, 5.41) is 17.2. The van der Waals surface area contributed by atoms with E-state index in [1.54, 1.807) is 30.3 Å². The molecule has 0 aromatic heterocycles. The second-order valence-corrected chi connectivity index (χ2v) is 6.21. The number of benzene rings is 3. The molecule has 0 bridgehead atoms. The zero-order valence-electron chi connectivity index (χ0n) is 16.4. The highest BCUT2D eigenvalue weighted by molar-refractivity contribution is 5.90. The van der Waals surface area contributed by atoms with Gasteiger partial charge in [-0.05, 0) is 42.0 Å². The van der Waals surface area contributed by atoms with Gasteiger partial charge in [-0.3, -0.25) is 10.1 Å². The van der Waals surface area contributed by atoms with Crippen molar-refractivity contribution in [1.82, 2.24) is 5.43 Å². The zero-order valence-corrected chi connectivity index (χ0v) is 16.4. The quantitative estimate of drug-likeness (QED) is 0.233. The van der Waals surface area contributed by atoms with E-state index in [9.17, 15) is 14.9 Å². The molecule has 0 aliphatic rings. The molecule has 0 radical (unpaired) electrons. The summed E-state index contributed by atoms with van der Waals surface area (Å²) in [6.07, 6.45) is 1.50. The molecule has 0 fully saturated rings. The molecule has 3 aromatic carbocycles. The van der Waals surface area contributed by atoms with E-state index in [2.05, 4.69) is 15.8 Å². The smallest absolute Gasteiger partial charge is 0.339 e. The molecule has 31 heavy (non-hydrogen) atoms. The number of nitrogens with zero attached hydrogens (tertiary/aromatic N) is 2. The Balaban J connectivity index is 1.41. The summed E-state index contributed by atoms with van der Waals surface area (Å²) >= 11 is 0. The summed E-state index contributed by atoms with van der Waals surface area (Å²) in [6.45, 7) is 0.562. The lowest BCUT2D eigenvalue weighted by Gasteiger charge is -2.08. The van der Waals surface area contributed by atoms with Gasteiger partial charge in [0.05, 0.1) is 11.1 Å². The molecular weight excluding hydrogens is 400 g/mol. The number of amides is 2. The number of hydrogen-bond acceptors (Lipinski definition) is 6. The molecule has 0 saturated carbocycles. The Morgan fingerprint density at radius 3 is 2.35 bits per heavy atom. The Hall–Kier alpha value is -4.40. The molecule has 0 heterocycles. The summed E-state index contributed by atoms with van der Waals surface area (Å²) in [5.74, 6) is 1.14. The van der Waals surface area contributed by atoms with Crippen molar-refractivity contribution in [2.24, 2.45) is 5.10 Å². The first-order valence-corrected chi connectivity index (χ1v) is 9.35. The number of nitro benzene ring substituents is 1. The molecule has 0 aliphatic carbocycles. The molecule has 0 spiro atoms. The van der Waals surface area contributed by atoms with Crippen LogP contribution in [0.3, 0.4) is 0 Å². The summed E-state index contributed by atoms with van der Waals surface area (Å²) in [6, 6.07) is 21.6. The first-order chi connectivity index (χ1) is 15.1. The summed E-state index contributed by atoms with van der Waals surface area (Å²) in [7, 11) is 0. The van der Waals surface area contributed by atoms with Crippen LogP contribution in [0.2, 0.25) is 0 Å². The third-order valence-corrected chi connectivity index (χ3v) is 3.94. The molecular formula is C22H20N4O5. The first kappa shape index (κ1) is 21.3. The minimum atomic E-state index is -0.464. The fourth-order valence-corrected chi connectivity index (χ4v) is 2.51. The monoisotopic (exact) mass is 420 g/mol. The Morgan fingerprint density at radius 1 is 0.935 bits per heavy atom. The van der Waals surface area contributed by atoms with Crippen LogP contribution in [0.25, 0.3) is 0 Å². The summed E-state index contributed by atoms with van der Waals surface area (Å²) in [5.41, 5.74) is 3.82. The molecule has 158 valence electrons. The van der Waals surface area contributed by atoms with E-state index in [1.165, 1.54) is 30.5 Å². The van der Waals surface area contributed by atoms with Gasteiger partial charge in [0.25, 0.3) is 5.69 Å². The van der Waals surface area contributed by atoms with Crippen LogP contribution >= 0.6 is 0 Å². The van der Waals surface area contributed by atoms with E-state index in [-0.39, 0.29) is 18.9 Å². The van der Waals surface area contributed by atoms with Crippen molar-refractivity contribution >= 4 is 23.6 Å². The summed E-state index contributed by atoms with van der Waals surface area (Å²) < 4.78 is 11.1. The number of hydrogen-bond donors (Lipinski definition) is 2. The van der Waals surface area contributed by atoms with E-state index < -0.39 is 11.0 Å². The maximum Gasteiger partial charge on any atom is 0.339 e. The average Bonchev–Trinajstić information content (AvgIpc) is 2.78. The van der Waals surface area contributed by atoms with E-state index >= 15 is 0 Å². The van der Waals surface area contributed by atoms with Crippen LogP contribution in [0.1, 0.15) is 5.56 Å². The minimum Gasteiger partial charge on any atom is -0.490 e. The molecule has 0 saturated heterocycles. The van der Waals surface area contributed by atoms with Gasteiger partial charge in [-0.15, -0.1) is 0 Å². The van der Waals surface area contributed by atoms with E-state index in [0.29, 0.717) is 17.2 Å². The molecule has 3 aromatic rings. The molecule has 2 amide bonds. The van der Waals surface area contributed by atoms with Gasteiger partial charge >= 0.3 is 6.03 Å². The predicted molar refractivity (Wildman–Crippen MR) is 117 cm³/mol. The van der Waals surface area contributed by atoms with E-state index in [1.807, 2.05) is 24.3 Å². The van der Waals surface area contributed by atoms with Crippen LogP contribution in [0.5, 0.6) is 11.5 Å². The SMILES string of the molecule is O=C(N/N=C\c1cccc(OCCOc2ccc([N+](=O)[O-])cc2)c1)Nc1ccccc1. The minimum absolute atomic E-state index is 0.00844. The van der Waals surface area contributed by atoms with Gasteiger partial charge in [0.1, 0.15) is 24.7 Å². The van der Waals surface area contributed by atoms with Gasteiger partial charge in [0, 0.05) is 17.8 Å². The number of urea groups is 1. The van der Waals surface area contributed by atoms with Crippen molar-refractivity contribution in [3.8, 4) is 11.5 Å². The summed E-state index contributed by atoms with van der Waals surface area (Å²) in [4.78, 5) is 22.0. The lowest BCUT2D eigenvalue weighted by molar-refractivity contribution is -0.384. The Bertz CT molecular complexity index is 1040. The zero-order chi connectivity index (χ0) is 21.9. The van der Waals surface area contributed by atoms with Crippen LogP contribution in [0, 0.1) is 10.1 Å². The average molecular weight is 420 g/mol. The van der Waals surface area contributed by atoms with Crippen molar-refractivity contribution in [3.05, 3.63) is 94.5 Å². The molecule has 9 nitrogen and oxygen atoms in total. The largest absolute Gasteiger partial charge is 0.490 e. The van der Waals surface area contributed by atoms with Crippen LogP contribution in [0.15, 0.2) is 84.0 Å². The number of nitro groups is 1. The normalized spacial score (nSPS) is 10.5. The van der Waals surface area contributed by atoms with Crippen molar-refractivity contribution in [2.45, 2.75) is 0 Å². The van der Waals surface area contributed by atoms with Gasteiger partial charge in [-0.1, -0.05) is 30.3 Å². The maximum absolute atomic E-state index is 11.8. The Kier molecular flexibility index (Phi) is 7.53. The topological polar surface area (TPSA) is 115 Å². The highest BCUT2D eigenvalue weighted by atomic mass is 16.6. The fourth-order valence-electron chi connectivity index (χ4n) is 2.51. The number of rotatable bonds is 9. The number of para-hydroxylation sites is 1. The highest BCUT2D eigenvalue weighted by Gasteiger charge is 2.04. The fraction of sp³-hybridized carbons (Fsp3) is 0.0909. The second kappa shape index (κ2) is 11.0. The standard InChI is InChI=1S/C22H20N4O5/c27-22(24-18-6-2-1-3-7-18)25-23-16-17-5-4-8-21(15-17)31-14-13-30-20-11-9-19(10-12-20)26(28)29/h1-12,15-16H,13-14H2,(H2,24,25,27)/b23-16-. The van der Waals surface area contributed by atoms with Gasteiger partial charge in [0.2, 0.25) is 0 Å². The molecule has 9 heteroatoms. The third kappa shape index (κ3) is 7.17. The van der Waals surface area contributed by atoms with Gasteiger partial charge in [-0.25, -0.2) is 10.2 Å². The number of ether oxygens (including phenoxy) is 2. The number of carbonyl (C=O) groups excluding carboxylic acids is 1. The number of hydrazone groups is 1. The van der Waals surface area contributed by atoms with Crippen molar-refractivity contribution in [2.75, 3.05) is 18.5 Å². The highest BCUT2D eigenvalue weighted by Crippen LogP contribution is 2.17. The van der Waals surface area contributed by atoms with Crippen LogP contribution in [-0.4, -0.2) is 30.4 Å². The van der Waals surface area contributed by atoms with Gasteiger partial charge in [0.15, 0.2) is 0 Å². The predicted octanol–water partition coefficient (Wildman–Crippen LogP) is 4.21. The first-order valence-electron chi connectivity index (χ1n) is 9.35. The Morgan fingerprint density at radius 2 is 1.65 bits per heavy atom. The molecule has 0 atom stereocenters.